The second kappa shape index (κ2) is 5.76. The average molecular weight is 250 g/mol. The molecule has 3 N–H and O–H groups in total. The first-order valence-electron chi connectivity index (χ1n) is 6.14. The van der Waals surface area contributed by atoms with Crippen molar-refractivity contribution in [1.82, 2.24) is 0 Å². The van der Waals surface area contributed by atoms with Crippen molar-refractivity contribution in [2.45, 2.75) is 27.7 Å². The summed E-state index contributed by atoms with van der Waals surface area (Å²) in [6.07, 6.45) is 0. The Labute approximate surface area is 109 Å². The highest BCUT2D eigenvalue weighted by atomic mass is 16.5. The molecule has 4 heteroatoms. The SMILES string of the molecule is CCOC(=O)c1ccc(N)c(NCC(C)(C)C)c1. The van der Waals surface area contributed by atoms with Crippen LogP contribution in [0.25, 0.3) is 0 Å². The first-order valence-corrected chi connectivity index (χ1v) is 6.14. The van der Waals surface area contributed by atoms with Gasteiger partial charge in [0.05, 0.1) is 23.5 Å². The van der Waals surface area contributed by atoms with Crippen LogP contribution in [0.1, 0.15) is 38.1 Å². The van der Waals surface area contributed by atoms with Gasteiger partial charge >= 0.3 is 5.97 Å². The molecule has 1 aromatic rings. The van der Waals surface area contributed by atoms with E-state index >= 15 is 0 Å². The highest BCUT2D eigenvalue weighted by Crippen LogP contribution is 2.23. The van der Waals surface area contributed by atoms with Gasteiger partial charge in [-0.1, -0.05) is 20.8 Å². The van der Waals surface area contributed by atoms with Gasteiger partial charge < -0.3 is 15.8 Å². The summed E-state index contributed by atoms with van der Waals surface area (Å²) in [5.41, 5.74) is 7.95. The van der Waals surface area contributed by atoms with Gasteiger partial charge in [-0.15, -0.1) is 0 Å². The van der Waals surface area contributed by atoms with E-state index in [-0.39, 0.29) is 11.4 Å². The van der Waals surface area contributed by atoms with Crippen LogP contribution in [0, 0.1) is 5.41 Å². The molecule has 0 unspecified atom stereocenters. The number of hydrogen-bond donors (Lipinski definition) is 2. The Hall–Kier alpha value is -1.71. The maximum atomic E-state index is 11.6. The molecule has 18 heavy (non-hydrogen) atoms. The van der Waals surface area contributed by atoms with Crippen LogP contribution in [-0.2, 0) is 4.74 Å². The largest absolute Gasteiger partial charge is 0.462 e. The van der Waals surface area contributed by atoms with E-state index in [0.29, 0.717) is 17.9 Å². The lowest BCUT2D eigenvalue weighted by Crippen LogP contribution is -2.20. The molecule has 4 nitrogen and oxygen atoms in total. The van der Waals surface area contributed by atoms with Crippen molar-refractivity contribution in [2.75, 3.05) is 24.2 Å². The summed E-state index contributed by atoms with van der Waals surface area (Å²) in [6, 6.07) is 5.13. The lowest BCUT2D eigenvalue weighted by molar-refractivity contribution is 0.0526. The van der Waals surface area contributed by atoms with E-state index in [1.54, 1.807) is 25.1 Å². The van der Waals surface area contributed by atoms with Crippen molar-refractivity contribution in [2.24, 2.45) is 5.41 Å². The van der Waals surface area contributed by atoms with Crippen LogP contribution in [0.3, 0.4) is 0 Å². The molecular weight excluding hydrogens is 228 g/mol. The molecule has 0 radical (unpaired) electrons. The number of anilines is 2. The highest BCUT2D eigenvalue weighted by Gasteiger charge is 2.12. The van der Waals surface area contributed by atoms with Crippen molar-refractivity contribution in [3.8, 4) is 0 Å². The summed E-state index contributed by atoms with van der Waals surface area (Å²) in [5, 5.41) is 3.26. The van der Waals surface area contributed by atoms with E-state index in [1.807, 2.05) is 0 Å². The topological polar surface area (TPSA) is 64.3 Å². The summed E-state index contributed by atoms with van der Waals surface area (Å²) >= 11 is 0. The van der Waals surface area contributed by atoms with E-state index in [0.717, 1.165) is 12.2 Å². The number of nitrogen functional groups attached to an aromatic ring is 1. The second-order valence-electron chi connectivity index (χ2n) is 5.44. The van der Waals surface area contributed by atoms with Crippen LogP contribution in [-0.4, -0.2) is 19.1 Å². The lowest BCUT2D eigenvalue weighted by atomic mass is 9.97. The molecule has 100 valence electrons. The fourth-order valence-electron chi connectivity index (χ4n) is 1.41. The number of hydrogen-bond acceptors (Lipinski definition) is 4. The Morgan fingerprint density at radius 2 is 2.06 bits per heavy atom. The zero-order chi connectivity index (χ0) is 13.8. The molecule has 0 atom stereocenters. The third-order valence-corrected chi connectivity index (χ3v) is 2.37. The van der Waals surface area contributed by atoms with Crippen LogP contribution in [0.4, 0.5) is 11.4 Å². The average Bonchev–Trinajstić information content (AvgIpc) is 2.27. The first kappa shape index (κ1) is 14.4. The van der Waals surface area contributed by atoms with Gasteiger partial charge in [0, 0.05) is 6.54 Å². The molecule has 0 fully saturated rings. The summed E-state index contributed by atoms with van der Waals surface area (Å²) < 4.78 is 4.96. The molecule has 1 rings (SSSR count). The van der Waals surface area contributed by atoms with Crippen LogP contribution >= 0.6 is 0 Å². The van der Waals surface area contributed by atoms with E-state index in [1.165, 1.54) is 0 Å². The Balaban J connectivity index is 2.84. The summed E-state index contributed by atoms with van der Waals surface area (Å²) in [5.74, 6) is -0.323. The smallest absolute Gasteiger partial charge is 0.338 e. The third-order valence-electron chi connectivity index (χ3n) is 2.37. The number of rotatable bonds is 4. The van der Waals surface area contributed by atoms with Crippen molar-refractivity contribution in [3.05, 3.63) is 23.8 Å². The summed E-state index contributed by atoms with van der Waals surface area (Å²) in [7, 11) is 0. The predicted molar refractivity (Wildman–Crippen MR) is 74.8 cm³/mol. The van der Waals surface area contributed by atoms with Gasteiger partial charge in [0.2, 0.25) is 0 Å². The van der Waals surface area contributed by atoms with Gasteiger partial charge in [-0.25, -0.2) is 4.79 Å². The highest BCUT2D eigenvalue weighted by molar-refractivity contribution is 5.92. The van der Waals surface area contributed by atoms with Crippen LogP contribution in [0.15, 0.2) is 18.2 Å². The van der Waals surface area contributed by atoms with Crippen LogP contribution in [0.2, 0.25) is 0 Å². The predicted octanol–water partition coefficient (Wildman–Crippen LogP) is 2.90. The Morgan fingerprint density at radius 3 is 2.61 bits per heavy atom. The third kappa shape index (κ3) is 4.28. The van der Waals surface area contributed by atoms with Crippen molar-refractivity contribution >= 4 is 17.3 Å². The molecule has 0 aliphatic rings. The van der Waals surface area contributed by atoms with E-state index in [2.05, 4.69) is 26.1 Å². The van der Waals surface area contributed by atoms with Crippen molar-refractivity contribution in [1.29, 1.82) is 0 Å². The number of ether oxygens (including phenoxy) is 1. The maximum absolute atomic E-state index is 11.6. The minimum Gasteiger partial charge on any atom is -0.462 e. The Bertz CT molecular complexity index is 422. The number of nitrogens with two attached hydrogens (primary N) is 1. The second-order valence-corrected chi connectivity index (χ2v) is 5.44. The normalized spacial score (nSPS) is 11.1. The fraction of sp³-hybridized carbons (Fsp3) is 0.500. The molecule has 0 spiro atoms. The Kier molecular flexibility index (Phi) is 4.59. The van der Waals surface area contributed by atoms with E-state index in [9.17, 15) is 4.79 Å². The van der Waals surface area contributed by atoms with Crippen LogP contribution < -0.4 is 11.1 Å². The molecule has 0 heterocycles. The molecule has 0 aliphatic heterocycles. The fourth-order valence-corrected chi connectivity index (χ4v) is 1.41. The number of carbonyl (C=O) groups excluding carboxylic acids is 1. The van der Waals surface area contributed by atoms with E-state index in [4.69, 9.17) is 10.5 Å². The molecule has 1 aromatic carbocycles. The van der Waals surface area contributed by atoms with Gasteiger partial charge in [-0.05, 0) is 30.5 Å². The summed E-state index contributed by atoms with van der Waals surface area (Å²) in [4.78, 5) is 11.6. The molecule has 0 saturated carbocycles. The Morgan fingerprint density at radius 1 is 1.39 bits per heavy atom. The molecule has 0 amide bonds. The summed E-state index contributed by atoms with van der Waals surface area (Å²) in [6.45, 7) is 9.33. The number of carbonyl (C=O) groups is 1. The minimum atomic E-state index is -0.323. The molecule has 0 saturated heterocycles. The lowest BCUT2D eigenvalue weighted by Gasteiger charge is -2.20. The standard InChI is InChI=1S/C14H22N2O2/c1-5-18-13(17)10-6-7-11(15)12(8-10)16-9-14(2,3)4/h6-8,16H,5,9,15H2,1-4H3. The van der Waals surface area contributed by atoms with Gasteiger partial charge in [-0.2, -0.15) is 0 Å². The minimum absolute atomic E-state index is 0.145. The van der Waals surface area contributed by atoms with Crippen molar-refractivity contribution in [3.63, 3.8) is 0 Å². The zero-order valence-corrected chi connectivity index (χ0v) is 11.5. The van der Waals surface area contributed by atoms with E-state index < -0.39 is 0 Å². The number of benzene rings is 1. The van der Waals surface area contributed by atoms with Crippen LogP contribution in [0.5, 0.6) is 0 Å². The van der Waals surface area contributed by atoms with Crippen molar-refractivity contribution < 1.29 is 9.53 Å². The molecular formula is C14H22N2O2. The maximum Gasteiger partial charge on any atom is 0.338 e. The first-order chi connectivity index (χ1) is 8.33. The van der Waals surface area contributed by atoms with Gasteiger partial charge in [0.1, 0.15) is 0 Å². The monoisotopic (exact) mass is 250 g/mol. The molecule has 0 aliphatic carbocycles. The quantitative estimate of drug-likeness (QED) is 0.637. The number of esters is 1. The van der Waals surface area contributed by atoms with Gasteiger partial charge in [0.15, 0.2) is 0 Å². The van der Waals surface area contributed by atoms with Gasteiger partial charge in [-0.3, -0.25) is 0 Å². The number of nitrogens with one attached hydrogen (secondary N) is 1. The van der Waals surface area contributed by atoms with Gasteiger partial charge in [0.25, 0.3) is 0 Å². The molecule has 0 aromatic heterocycles. The molecule has 0 bridgehead atoms. The zero-order valence-electron chi connectivity index (χ0n) is 11.5.